The van der Waals surface area contributed by atoms with Gasteiger partial charge in [0.1, 0.15) is 13.8 Å². The largest absolute Gasteiger partial charge is 0.228 e. The maximum Gasteiger partial charge on any atom is 0.161 e. The molecule has 0 unspecified atom stereocenters. The van der Waals surface area contributed by atoms with E-state index in [2.05, 4.69) is 77.3 Å². The Morgan fingerprint density at radius 3 is 1.67 bits per heavy atom. The third-order valence-electron chi connectivity index (χ3n) is 6.10. The number of rotatable bonds is 5. The maximum absolute atomic E-state index is 4.86. The molecule has 0 saturated heterocycles. The van der Waals surface area contributed by atoms with Crippen molar-refractivity contribution in [1.29, 1.82) is 0 Å². The van der Waals surface area contributed by atoms with Crippen molar-refractivity contribution in [3.05, 3.63) is 72.4 Å². The van der Waals surface area contributed by atoms with Crippen molar-refractivity contribution in [3.63, 3.8) is 0 Å². The summed E-state index contributed by atoms with van der Waals surface area (Å²) in [6.07, 6.45) is 0. The van der Waals surface area contributed by atoms with Crippen LogP contribution in [0.1, 0.15) is 47.2 Å². The van der Waals surface area contributed by atoms with Gasteiger partial charge in [0.25, 0.3) is 0 Å². The highest BCUT2D eigenvalue weighted by Crippen LogP contribution is 2.40. The van der Waals surface area contributed by atoms with Gasteiger partial charge in [-0.1, -0.05) is 108 Å². The standard InChI is InChI=1S/C27H32N2Si/c1-20(2)30(21(3)4,22(5)6)18-17-25-19-26(23-13-9-7-10-14-23)29-27(28-25)24-15-11-8-12-16-24/h7-16,19-22H,1-6H3. The Morgan fingerprint density at radius 1 is 0.667 bits per heavy atom. The third kappa shape index (κ3) is 4.55. The fourth-order valence-electron chi connectivity index (χ4n) is 4.59. The van der Waals surface area contributed by atoms with E-state index in [-0.39, 0.29) is 0 Å². The van der Waals surface area contributed by atoms with Crippen LogP contribution in [0.4, 0.5) is 0 Å². The molecular weight excluding hydrogens is 380 g/mol. The van der Waals surface area contributed by atoms with E-state index in [9.17, 15) is 0 Å². The molecule has 0 spiro atoms. The summed E-state index contributed by atoms with van der Waals surface area (Å²) in [5, 5.41) is 0. The van der Waals surface area contributed by atoms with Crippen LogP contribution in [0.2, 0.25) is 16.6 Å². The molecule has 1 heterocycles. The minimum absolute atomic E-state index is 0.592. The van der Waals surface area contributed by atoms with Gasteiger partial charge >= 0.3 is 0 Å². The fraction of sp³-hybridized carbons (Fsp3) is 0.333. The van der Waals surface area contributed by atoms with Crippen LogP contribution in [-0.2, 0) is 0 Å². The van der Waals surface area contributed by atoms with E-state index in [1.165, 1.54) is 0 Å². The molecule has 0 aliphatic carbocycles. The summed E-state index contributed by atoms with van der Waals surface area (Å²) in [7, 11) is -1.83. The summed E-state index contributed by atoms with van der Waals surface area (Å²) in [6, 6.07) is 22.5. The molecule has 0 radical (unpaired) electrons. The van der Waals surface area contributed by atoms with Crippen LogP contribution < -0.4 is 0 Å². The van der Waals surface area contributed by atoms with E-state index in [1.54, 1.807) is 0 Å². The van der Waals surface area contributed by atoms with Crippen molar-refractivity contribution in [2.75, 3.05) is 0 Å². The van der Waals surface area contributed by atoms with Crippen molar-refractivity contribution in [1.82, 2.24) is 9.97 Å². The summed E-state index contributed by atoms with van der Waals surface area (Å²) in [4.78, 5) is 9.70. The molecule has 0 amide bonds. The van der Waals surface area contributed by atoms with Gasteiger partial charge in [0.2, 0.25) is 0 Å². The zero-order valence-electron chi connectivity index (χ0n) is 19.0. The van der Waals surface area contributed by atoms with Gasteiger partial charge in [0, 0.05) is 11.1 Å². The predicted molar refractivity (Wildman–Crippen MR) is 131 cm³/mol. The Morgan fingerprint density at radius 2 is 1.17 bits per heavy atom. The molecule has 0 bridgehead atoms. The molecule has 1 aromatic heterocycles. The molecule has 154 valence electrons. The highest BCUT2D eigenvalue weighted by atomic mass is 28.3. The van der Waals surface area contributed by atoms with E-state index in [4.69, 9.17) is 9.97 Å². The monoisotopic (exact) mass is 412 g/mol. The molecule has 0 atom stereocenters. The molecule has 3 rings (SSSR count). The topological polar surface area (TPSA) is 25.8 Å². The van der Waals surface area contributed by atoms with Gasteiger partial charge in [-0.2, -0.15) is 0 Å². The summed E-state index contributed by atoms with van der Waals surface area (Å²) in [5.41, 5.74) is 9.40. The zero-order chi connectivity index (χ0) is 21.7. The van der Waals surface area contributed by atoms with Crippen LogP contribution in [0, 0.1) is 11.5 Å². The molecule has 3 heteroatoms. The number of benzene rings is 2. The van der Waals surface area contributed by atoms with Gasteiger partial charge < -0.3 is 0 Å². The average Bonchev–Trinajstić information content (AvgIpc) is 2.74. The van der Waals surface area contributed by atoms with Crippen molar-refractivity contribution in [3.8, 4) is 34.1 Å². The molecule has 0 aliphatic rings. The molecule has 0 aliphatic heterocycles. The van der Waals surface area contributed by atoms with Crippen molar-refractivity contribution in [2.45, 2.75) is 58.2 Å². The molecule has 30 heavy (non-hydrogen) atoms. The average molecular weight is 413 g/mol. The van der Waals surface area contributed by atoms with Crippen molar-refractivity contribution < 1.29 is 0 Å². The van der Waals surface area contributed by atoms with Crippen LogP contribution in [0.15, 0.2) is 66.7 Å². The number of aromatic nitrogens is 2. The lowest BCUT2D eigenvalue weighted by Gasteiger charge is -2.38. The predicted octanol–water partition coefficient (Wildman–Crippen LogP) is 7.38. The Balaban J connectivity index is 2.17. The molecular formula is C27H32N2Si. The first-order valence-electron chi connectivity index (χ1n) is 10.9. The van der Waals surface area contributed by atoms with Crippen LogP contribution in [0.5, 0.6) is 0 Å². The number of nitrogens with zero attached hydrogens (tertiary/aromatic N) is 2. The molecule has 2 aromatic carbocycles. The SMILES string of the molecule is CC(C)[Si](C#Cc1cc(-c2ccccc2)nc(-c2ccccc2)n1)(C(C)C)C(C)C. The Labute approximate surface area is 182 Å². The summed E-state index contributed by atoms with van der Waals surface area (Å²) >= 11 is 0. The maximum atomic E-state index is 4.86. The summed E-state index contributed by atoms with van der Waals surface area (Å²) < 4.78 is 0. The highest BCUT2D eigenvalue weighted by molar-refractivity contribution is 6.90. The Kier molecular flexibility index (Phi) is 6.90. The molecule has 2 nitrogen and oxygen atoms in total. The third-order valence-corrected chi connectivity index (χ3v) is 12.4. The van der Waals surface area contributed by atoms with E-state index in [1.807, 2.05) is 42.5 Å². The normalized spacial score (nSPS) is 11.6. The minimum atomic E-state index is -1.83. The second kappa shape index (κ2) is 9.41. The smallest absolute Gasteiger partial charge is 0.161 e. The summed E-state index contributed by atoms with van der Waals surface area (Å²) in [6.45, 7) is 14.0. The number of hydrogen-bond donors (Lipinski definition) is 0. The minimum Gasteiger partial charge on any atom is -0.228 e. The van der Waals surface area contributed by atoms with Gasteiger partial charge in [-0.15, -0.1) is 5.54 Å². The van der Waals surface area contributed by atoms with Crippen LogP contribution in [-0.4, -0.2) is 18.0 Å². The van der Waals surface area contributed by atoms with Gasteiger partial charge in [-0.3, -0.25) is 0 Å². The first-order chi connectivity index (χ1) is 14.3. The lowest BCUT2D eigenvalue weighted by Crippen LogP contribution is -2.43. The van der Waals surface area contributed by atoms with Crippen molar-refractivity contribution in [2.24, 2.45) is 0 Å². The van der Waals surface area contributed by atoms with Crippen molar-refractivity contribution >= 4 is 8.07 Å². The number of hydrogen-bond acceptors (Lipinski definition) is 2. The van der Waals surface area contributed by atoms with E-state index < -0.39 is 8.07 Å². The fourth-order valence-corrected chi connectivity index (χ4v) is 9.80. The van der Waals surface area contributed by atoms with Crippen LogP contribution >= 0.6 is 0 Å². The van der Waals surface area contributed by atoms with E-state index in [0.717, 1.165) is 28.3 Å². The first kappa shape index (κ1) is 22.0. The Bertz CT molecular complexity index is 949. The lowest BCUT2D eigenvalue weighted by atomic mass is 10.1. The lowest BCUT2D eigenvalue weighted by molar-refractivity contribution is 0.838. The first-order valence-corrected chi connectivity index (χ1v) is 13.1. The van der Waals surface area contributed by atoms with Gasteiger partial charge in [-0.05, 0) is 22.7 Å². The van der Waals surface area contributed by atoms with E-state index in [0.29, 0.717) is 16.6 Å². The molecule has 0 fully saturated rings. The summed E-state index contributed by atoms with van der Waals surface area (Å²) in [5.74, 6) is 4.24. The van der Waals surface area contributed by atoms with Gasteiger partial charge in [0.15, 0.2) is 5.82 Å². The molecule has 0 saturated carbocycles. The van der Waals surface area contributed by atoms with E-state index >= 15 is 0 Å². The second-order valence-corrected chi connectivity index (χ2v) is 14.4. The van der Waals surface area contributed by atoms with Gasteiger partial charge in [0.05, 0.1) is 5.69 Å². The Hall–Kier alpha value is -2.70. The zero-order valence-corrected chi connectivity index (χ0v) is 20.0. The molecule has 0 N–H and O–H groups in total. The molecule has 3 aromatic rings. The quantitative estimate of drug-likeness (QED) is 0.323. The van der Waals surface area contributed by atoms with Gasteiger partial charge in [-0.25, -0.2) is 9.97 Å². The second-order valence-electron chi connectivity index (χ2n) is 8.84. The van der Waals surface area contributed by atoms with Crippen LogP contribution in [0.3, 0.4) is 0 Å². The van der Waals surface area contributed by atoms with Crippen LogP contribution in [0.25, 0.3) is 22.6 Å². The highest BCUT2D eigenvalue weighted by Gasteiger charge is 2.41.